The number of primary amides is 1. The van der Waals surface area contributed by atoms with Crippen LogP contribution in [0.25, 0.3) is 0 Å². The molecule has 2 rings (SSSR count). The van der Waals surface area contributed by atoms with Gasteiger partial charge in [-0.1, -0.05) is 47.5 Å². The minimum atomic E-state index is -0.783. The monoisotopic (exact) mass is 296 g/mol. The van der Waals surface area contributed by atoms with Crippen LogP contribution in [0.3, 0.4) is 0 Å². The van der Waals surface area contributed by atoms with E-state index in [4.69, 9.17) is 5.73 Å². The molecule has 2 aromatic carbocycles. The summed E-state index contributed by atoms with van der Waals surface area (Å²) in [5.41, 5.74) is 8.91. The van der Waals surface area contributed by atoms with Crippen molar-refractivity contribution in [1.29, 1.82) is 0 Å². The summed E-state index contributed by atoms with van der Waals surface area (Å²) in [6.07, 6.45) is 0. The lowest BCUT2D eigenvalue weighted by atomic mass is 10.0. The van der Waals surface area contributed by atoms with Crippen molar-refractivity contribution >= 4 is 11.8 Å². The highest BCUT2D eigenvalue weighted by Gasteiger charge is 2.27. The van der Waals surface area contributed by atoms with Crippen LogP contribution >= 0.6 is 0 Å². The number of hydrogen-bond donors (Lipinski definition) is 1. The number of likely N-dealkylation sites (N-methyl/N-ethyl adjacent to an activating group) is 1. The van der Waals surface area contributed by atoms with E-state index in [2.05, 4.69) is 0 Å². The van der Waals surface area contributed by atoms with Crippen molar-refractivity contribution in [2.45, 2.75) is 19.9 Å². The predicted molar refractivity (Wildman–Crippen MR) is 86.4 cm³/mol. The summed E-state index contributed by atoms with van der Waals surface area (Å²) >= 11 is 0. The maximum atomic E-state index is 12.6. The molecule has 0 heterocycles. The van der Waals surface area contributed by atoms with Crippen LogP contribution in [-0.2, 0) is 4.79 Å². The van der Waals surface area contributed by atoms with Crippen molar-refractivity contribution in [3.63, 3.8) is 0 Å². The standard InChI is InChI=1S/C18H20N2O2/c1-12-4-8-14(9-5-12)16(17(19)21)20(3)18(22)15-10-6-13(2)7-11-15/h4-11,16H,1-3H3,(H2,19,21). The Balaban J connectivity index is 2.31. The fourth-order valence-electron chi connectivity index (χ4n) is 2.34. The Hall–Kier alpha value is -2.62. The van der Waals surface area contributed by atoms with Crippen LogP contribution in [0.1, 0.15) is 33.1 Å². The van der Waals surface area contributed by atoms with Crippen molar-refractivity contribution in [3.8, 4) is 0 Å². The van der Waals surface area contributed by atoms with Crippen molar-refractivity contribution in [1.82, 2.24) is 4.90 Å². The first-order valence-electron chi connectivity index (χ1n) is 7.10. The highest BCUT2D eigenvalue weighted by Crippen LogP contribution is 2.22. The lowest BCUT2D eigenvalue weighted by molar-refractivity contribution is -0.122. The van der Waals surface area contributed by atoms with Crippen molar-refractivity contribution in [3.05, 3.63) is 70.8 Å². The van der Waals surface area contributed by atoms with Gasteiger partial charge in [0.05, 0.1) is 0 Å². The molecule has 0 aromatic heterocycles. The summed E-state index contributed by atoms with van der Waals surface area (Å²) in [5.74, 6) is -0.781. The van der Waals surface area contributed by atoms with Gasteiger partial charge in [-0.2, -0.15) is 0 Å². The molecule has 2 N–H and O–H groups in total. The minimum absolute atomic E-state index is 0.232. The number of aryl methyl sites for hydroxylation is 2. The Morgan fingerprint density at radius 1 is 0.909 bits per heavy atom. The Morgan fingerprint density at radius 2 is 1.36 bits per heavy atom. The molecule has 0 saturated heterocycles. The molecule has 0 spiro atoms. The molecule has 1 unspecified atom stereocenters. The summed E-state index contributed by atoms with van der Waals surface area (Å²) < 4.78 is 0. The van der Waals surface area contributed by atoms with Crippen molar-refractivity contribution < 1.29 is 9.59 Å². The first kappa shape index (κ1) is 15.8. The van der Waals surface area contributed by atoms with E-state index < -0.39 is 11.9 Å². The van der Waals surface area contributed by atoms with Crippen LogP contribution in [0.5, 0.6) is 0 Å². The lowest BCUT2D eigenvalue weighted by Gasteiger charge is -2.26. The SMILES string of the molecule is Cc1ccc(C(=O)N(C)C(C(N)=O)c2ccc(C)cc2)cc1. The molecule has 4 heteroatoms. The number of carbonyl (C=O) groups excluding carboxylic acids is 2. The molecule has 1 atom stereocenters. The molecule has 114 valence electrons. The molecule has 2 aromatic rings. The Bertz CT molecular complexity index is 675. The normalized spacial score (nSPS) is 11.8. The molecule has 4 nitrogen and oxygen atoms in total. The molecule has 22 heavy (non-hydrogen) atoms. The predicted octanol–water partition coefficient (Wildman–Crippen LogP) is 2.60. The number of hydrogen-bond acceptors (Lipinski definition) is 2. The van der Waals surface area contributed by atoms with Gasteiger partial charge in [-0.25, -0.2) is 0 Å². The van der Waals surface area contributed by atoms with Gasteiger partial charge in [0.1, 0.15) is 6.04 Å². The van der Waals surface area contributed by atoms with E-state index in [1.807, 2.05) is 50.2 Å². The number of nitrogens with zero attached hydrogens (tertiary/aromatic N) is 1. The molecule has 0 aliphatic heterocycles. The average molecular weight is 296 g/mol. The summed E-state index contributed by atoms with van der Waals surface area (Å²) in [7, 11) is 1.59. The van der Waals surface area contributed by atoms with E-state index >= 15 is 0 Å². The zero-order valence-corrected chi connectivity index (χ0v) is 13.0. The molecule has 0 aliphatic carbocycles. The van der Waals surface area contributed by atoms with Crippen LogP contribution in [-0.4, -0.2) is 23.8 Å². The number of benzene rings is 2. The fraction of sp³-hybridized carbons (Fsp3) is 0.222. The Morgan fingerprint density at radius 3 is 1.82 bits per heavy atom. The molecule has 2 amide bonds. The third-order valence-corrected chi connectivity index (χ3v) is 3.67. The first-order chi connectivity index (χ1) is 10.4. The number of rotatable bonds is 4. The smallest absolute Gasteiger partial charge is 0.254 e. The van der Waals surface area contributed by atoms with E-state index in [1.165, 1.54) is 4.90 Å². The minimum Gasteiger partial charge on any atom is -0.368 e. The zero-order chi connectivity index (χ0) is 16.3. The summed E-state index contributed by atoms with van der Waals surface area (Å²) in [5, 5.41) is 0. The lowest BCUT2D eigenvalue weighted by Crippen LogP contribution is -2.39. The van der Waals surface area contributed by atoms with Crippen molar-refractivity contribution in [2.24, 2.45) is 5.73 Å². The second-order valence-corrected chi connectivity index (χ2v) is 5.50. The average Bonchev–Trinajstić information content (AvgIpc) is 2.49. The van der Waals surface area contributed by atoms with Gasteiger partial charge in [0.25, 0.3) is 5.91 Å². The highest BCUT2D eigenvalue weighted by molar-refractivity contribution is 5.97. The third kappa shape index (κ3) is 3.34. The molecule has 0 radical (unpaired) electrons. The first-order valence-corrected chi connectivity index (χ1v) is 7.10. The van der Waals surface area contributed by atoms with Gasteiger partial charge in [0.15, 0.2) is 0 Å². The van der Waals surface area contributed by atoms with E-state index in [-0.39, 0.29) is 5.91 Å². The fourth-order valence-corrected chi connectivity index (χ4v) is 2.34. The van der Waals surface area contributed by atoms with E-state index in [1.54, 1.807) is 19.2 Å². The summed E-state index contributed by atoms with van der Waals surface area (Å²) in [6.45, 7) is 3.92. The van der Waals surface area contributed by atoms with Gasteiger partial charge in [0.2, 0.25) is 5.91 Å². The molecule has 0 saturated carbocycles. The van der Waals surface area contributed by atoms with Gasteiger partial charge in [-0.05, 0) is 31.5 Å². The highest BCUT2D eigenvalue weighted by atomic mass is 16.2. The maximum Gasteiger partial charge on any atom is 0.254 e. The summed E-state index contributed by atoms with van der Waals surface area (Å²) in [6, 6.07) is 13.9. The molecule has 0 aliphatic rings. The van der Waals surface area contributed by atoms with Crippen LogP contribution in [0.4, 0.5) is 0 Å². The van der Waals surface area contributed by atoms with Gasteiger partial charge in [-0.15, -0.1) is 0 Å². The summed E-state index contributed by atoms with van der Waals surface area (Å²) in [4.78, 5) is 25.8. The van der Waals surface area contributed by atoms with E-state index in [0.29, 0.717) is 11.1 Å². The van der Waals surface area contributed by atoms with Crippen LogP contribution in [0, 0.1) is 13.8 Å². The van der Waals surface area contributed by atoms with E-state index in [0.717, 1.165) is 11.1 Å². The van der Waals surface area contributed by atoms with Crippen molar-refractivity contribution in [2.75, 3.05) is 7.05 Å². The van der Waals surface area contributed by atoms with Crippen LogP contribution in [0.2, 0.25) is 0 Å². The molecular formula is C18H20N2O2. The second-order valence-electron chi connectivity index (χ2n) is 5.50. The van der Waals surface area contributed by atoms with Gasteiger partial charge >= 0.3 is 0 Å². The Kier molecular flexibility index (Phi) is 4.61. The number of carbonyl (C=O) groups is 2. The third-order valence-electron chi connectivity index (χ3n) is 3.67. The van der Waals surface area contributed by atoms with Gasteiger partial charge in [0, 0.05) is 12.6 Å². The largest absolute Gasteiger partial charge is 0.368 e. The number of nitrogens with two attached hydrogens (primary N) is 1. The number of amides is 2. The topological polar surface area (TPSA) is 63.4 Å². The molecular weight excluding hydrogens is 276 g/mol. The Labute approximate surface area is 130 Å². The van der Waals surface area contributed by atoms with E-state index in [9.17, 15) is 9.59 Å². The van der Waals surface area contributed by atoms with Gasteiger partial charge < -0.3 is 10.6 Å². The quantitative estimate of drug-likeness (QED) is 0.942. The molecule has 0 bridgehead atoms. The second kappa shape index (κ2) is 6.43. The van der Waals surface area contributed by atoms with Gasteiger partial charge in [-0.3, -0.25) is 9.59 Å². The maximum absolute atomic E-state index is 12.6. The van der Waals surface area contributed by atoms with Crippen LogP contribution in [0.15, 0.2) is 48.5 Å². The zero-order valence-electron chi connectivity index (χ0n) is 13.0. The van der Waals surface area contributed by atoms with Crippen LogP contribution < -0.4 is 5.73 Å². The molecule has 0 fully saturated rings.